The quantitative estimate of drug-likeness (QED) is 0.535. The van der Waals surface area contributed by atoms with Crippen molar-refractivity contribution in [1.29, 1.82) is 0 Å². The molecule has 4 aliphatic carbocycles. The zero-order valence-electron chi connectivity index (χ0n) is 21.6. The van der Waals surface area contributed by atoms with Crippen LogP contribution in [-0.4, -0.2) is 40.7 Å². The van der Waals surface area contributed by atoms with Crippen molar-refractivity contribution in [3.8, 4) is 0 Å². The summed E-state index contributed by atoms with van der Waals surface area (Å²) in [4.78, 5) is 13.1. The van der Waals surface area contributed by atoms with Gasteiger partial charge < -0.3 is 23.7 Å². The van der Waals surface area contributed by atoms with Crippen molar-refractivity contribution in [1.82, 2.24) is 0 Å². The molecule has 1 aromatic rings. The Hall–Kier alpha value is -1.44. The van der Waals surface area contributed by atoms with E-state index in [2.05, 4.69) is 39.0 Å². The molecule has 5 aliphatic rings. The summed E-state index contributed by atoms with van der Waals surface area (Å²) < 4.78 is 24.6. The standard InChI is InChI=1S/C29H37ClO6/c1-5-34-29(24-10-8-14-33-24)35-17-23(32)28(36-29)18(2)15-21-20-12-11-19-9-6-7-13-25(19,3)27(20,30)22(31)16-26(21,28)4/h6-10,14,18,20-22,31H,5,11-13,15-17H2,1-4H3/t18-,20+,21+,22+,25+,26+,27+,28+,29?/m1/s1. The molecular weight excluding hydrogens is 480 g/mol. The van der Waals surface area contributed by atoms with E-state index in [1.165, 1.54) is 5.57 Å². The van der Waals surface area contributed by atoms with Gasteiger partial charge in [-0.05, 0) is 68.9 Å². The Labute approximate surface area is 218 Å². The number of Topliss-reactive ketones (excluding diaryl/α,β-unsaturated/α-hetero) is 1. The number of ether oxygens (including phenoxy) is 3. The predicted octanol–water partition coefficient (Wildman–Crippen LogP) is 5.49. The second-order valence-corrected chi connectivity index (χ2v) is 12.6. The number of ketones is 1. The third-order valence-corrected chi connectivity index (χ3v) is 11.5. The SMILES string of the molecule is CCOC1(c2ccco2)OCC(=O)[C@@]2(O1)[C@H](C)C[C@H]1[C@@H]3CCC4=CC=CC[C@]4(C)[C@@]3(Cl)[C@@H](O)C[C@@]12C. The van der Waals surface area contributed by atoms with Gasteiger partial charge in [0.25, 0.3) is 0 Å². The summed E-state index contributed by atoms with van der Waals surface area (Å²) in [6.07, 6.45) is 11.0. The van der Waals surface area contributed by atoms with Crippen LogP contribution in [-0.2, 0) is 25.0 Å². The maximum absolute atomic E-state index is 13.9. The van der Waals surface area contributed by atoms with E-state index in [1.807, 2.05) is 6.92 Å². The van der Waals surface area contributed by atoms with E-state index < -0.39 is 28.0 Å². The number of aliphatic hydroxyl groups is 1. The highest BCUT2D eigenvalue weighted by Crippen LogP contribution is 2.73. The summed E-state index contributed by atoms with van der Waals surface area (Å²) in [5.74, 6) is -1.28. The number of alkyl halides is 1. The number of hydrogen-bond acceptors (Lipinski definition) is 6. The maximum atomic E-state index is 13.9. The highest BCUT2D eigenvalue weighted by Gasteiger charge is 2.77. The van der Waals surface area contributed by atoms with Crippen molar-refractivity contribution in [3.63, 3.8) is 0 Å². The molecule has 7 heteroatoms. The number of carbonyl (C=O) groups is 1. The normalized spacial score (nSPS) is 49.9. The zero-order valence-corrected chi connectivity index (χ0v) is 22.3. The lowest BCUT2D eigenvalue weighted by Gasteiger charge is -2.65. The number of hydrogen-bond donors (Lipinski definition) is 1. The molecule has 4 fully saturated rings. The molecule has 0 aromatic carbocycles. The fourth-order valence-electron chi connectivity index (χ4n) is 8.99. The third kappa shape index (κ3) is 2.80. The second-order valence-electron chi connectivity index (χ2n) is 12.0. The second kappa shape index (κ2) is 8.03. The summed E-state index contributed by atoms with van der Waals surface area (Å²) in [6.45, 7) is 8.47. The van der Waals surface area contributed by atoms with Crippen LogP contribution in [0, 0.1) is 28.6 Å². The number of aliphatic hydroxyl groups excluding tert-OH is 1. The first-order valence-corrected chi connectivity index (χ1v) is 13.8. The summed E-state index contributed by atoms with van der Waals surface area (Å²) in [5.41, 5.74) is -0.838. The minimum Gasteiger partial charge on any atom is -0.461 e. The van der Waals surface area contributed by atoms with Crippen molar-refractivity contribution >= 4 is 17.4 Å². The molecule has 1 spiro atoms. The van der Waals surface area contributed by atoms with Gasteiger partial charge in [0.1, 0.15) is 12.2 Å². The smallest absolute Gasteiger partial charge is 0.347 e. The van der Waals surface area contributed by atoms with Crippen LogP contribution in [0.5, 0.6) is 0 Å². The molecule has 1 unspecified atom stereocenters. The van der Waals surface area contributed by atoms with E-state index >= 15 is 0 Å². The number of carbonyl (C=O) groups excluding carboxylic acids is 1. The van der Waals surface area contributed by atoms with Crippen LogP contribution in [0.25, 0.3) is 0 Å². The fraction of sp³-hybridized carbons (Fsp3) is 0.690. The van der Waals surface area contributed by atoms with Crippen LogP contribution in [0.1, 0.15) is 65.6 Å². The number of halogens is 1. The summed E-state index contributed by atoms with van der Waals surface area (Å²) >= 11 is 7.65. The maximum Gasteiger partial charge on any atom is 0.347 e. The van der Waals surface area contributed by atoms with Gasteiger partial charge in [0.2, 0.25) is 0 Å². The fourth-order valence-corrected chi connectivity index (χ4v) is 9.53. The van der Waals surface area contributed by atoms with Gasteiger partial charge in [0, 0.05) is 10.8 Å². The van der Waals surface area contributed by atoms with E-state index in [0.717, 1.165) is 25.7 Å². The predicted molar refractivity (Wildman–Crippen MR) is 134 cm³/mol. The van der Waals surface area contributed by atoms with Crippen LogP contribution < -0.4 is 0 Å². The van der Waals surface area contributed by atoms with Crippen molar-refractivity contribution in [2.24, 2.45) is 28.6 Å². The molecule has 9 atom stereocenters. The van der Waals surface area contributed by atoms with Crippen LogP contribution in [0.2, 0.25) is 0 Å². The lowest BCUT2D eigenvalue weighted by Crippen LogP contribution is -2.71. The molecular formula is C29H37ClO6. The molecule has 1 aliphatic heterocycles. The van der Waals surface area contributed by atoms with Crippen LogP contribution in [0.3, 0.4) is 0 Å². The van der Waals surface area contributed by atoms with Crippen molar-refractivity contribution in [3.05, 3.63) is 48.0 Å². The topological polar surface area (TPSA) is 78.1 Å². The van der Waals surface area contributed by atoms with Crippen LogP contribution >= 0.6 is 11.6 Å². The van der Waals surface area contributed by atoms with Gasteiger partial charge in [-0.1, -0.05) is 44.6 Å². The first kappa shape index (κ1) is 24.9. The Kier molecular flexibility index (Phi) is 5.55. The Morgan fingerprint density at radius 1 is 1.28 bits per heavy atom. The van der Waals surface area contributed by atoms with E-state index in [1.54, 1.807) is 18.4 Å². The van der Waals surface area contributed by atoms with Gasteiger partial charge in [-0.25, -0.2) is 0 Å². The number of rotatable bonds is 3. The summed E-state index contributed by atoms with van der Waals surface area (Å²) in [5, 5.41) is 12.0. The minimum atomic E-state index is -1.61. The minimum absolute atomic E-state index is 0.0488. The van der Waals surface area contributed by atoms with Crippen LogP contribution in [0.15, 0.2) is 46.6 Å². The van der Waals surface area contributed by atoms with E-state index in [-0.39, 0.29) is 35.6 Å². The highest BCUT2D eigenvalue weighted by atomic mass is 35.5. The lowest BCUT2D eigenvalue weighted by molar-refractivity contribution is -0.450. The Morgan fingerprint density at radius 3 is 2.81 bits per heavy atom. The van der Waals surface area contributed by atoms with E-state index in [9.17, 15) is 9.90 Å². The molecule has 2 heterocycles. The average Bonchev–Trinajstić information content (AvgIpc) is 3.45. The molecule has 196 valence electrons. The number of furan rings is 1. The molecule has 1 aromatic heterocycles. The van der Waals surface area contributed by atoms with E-state index in [4.69, 9.17) is 30.2 Å². The van der Waals surface area contributed by atoms with Gasteiger partial charge in [0.15, 0.2) is 11.5 Å². The van der Waals surface area contributed by atoms with Crippen molar-refractivity contribution < 1.29 is 28.5 Å². The Morgan fingerprint density at radius 2 is 2.08 bits per heavy atom. The lowest BCUT2D eigenvalue weighted by atomic mass is 9.45. The van der Waals surface area contributed by atoms with Gasteiger partial charge in [0.05, 0.1) is 23.8 Å². The third-order valence-electron chi connectivity index (χ3n) is 10.6. The van der Waals surface area contributed by atoms with Gasteiger partial charge in [-0.2, -0.15) is 0 Å². The molecule has 3 saturated carbocycles. The van der Waals surface area contributed by atoms with Crippen molar-refractivity contribution in [2.45, 2.75) is 82.4 Å². The molecule has 1 N–H and O–H groups in total. The molecule has 0 radical (unpaired) electrons. The van der Waals surface area contributed by atoms with Crippen molar-refractivity contribution in [2.75, 3.05) is 13.2 Å². The monoisotopic (exact) mass is 516 g/mol. The van der Waals surface area contributed by atoms with Gasteiger partial charge >= 0.3 is 5.97 Å². The average molecular weight is 517 g/mol. The summed E-state index contributed by atoms with van der Waals surface area (Å²) in [6, 6.07) is 3.51. The molecule has 6 rings (SSSR count). The largest absolute Gasteiger partial charge is 0.461 e. The molecule has 1 saturated heterocycles. The Bertz CT molecular complexity index is 1110. The molecule has 0 bridgehead atoms. The first-order chi connectivity index (χ1) is 17.1. The molecule has 36 heavy (non-hydrogen) atoms. The van der Waals surface area contributed by atoms with Crippen LogP contribution in [0.4, 0.5) is 0 Å². The van der Waals surface area contributed by atoms with Gasteiger partial charge in [-0.15, -0.1) is 11.6 Å². The van der Waals surface area contributed by atoms with Gasteiger partial charge in [-0.3, -0.25) is 4.79 Å². The first-order valence-electron chi connectivity index (χ1n) is 13.4. The number of allylic oxidation sites excluding steroid dienone is 4. The number of fused-ring (bicyclic) bond motifs is 6. The van der Waals surface area contributed by atoms with E-state index in [0.29, 0.717) is 18.8 Å². The highest BCUT2D eigenvalue weighted by molar-refractivity contribution is 6.25. The molecule has 6 nitrogen and oxygen atoms in total. The molecule has 0 amide bonds. The zero-order chi connectivity index (χ0) is 25.6. The summed E-state index contributed by atoms with van der Waals surface area (Å²) in [7, 11) is 0. The Balaban J connectivity index is 1.46.